The van der Waals surface area contributed by atoms with E-state index in [4.69, 9.17) is 9.15 Å². The van der Waals surface area contributed by atoms with Crippen molar-refractivity contribution in [2.24, 2.45) is 0 Å². The smallest absolute Gasteiger partial charge is 0.374 e. The number of ether oxygens (including phenoxy) is 1. The van der Waals surface area contributed by atoms with Crippen LogP contribution in [0.3, 0.4) is 0 Å². The molecule has 28 heavy (non-hydrogen) atoms. The third-order valence-corrected chi connectivity index (χ3v) is 4.36. The van der Waals surface area contributed by atoms with Gasteiger partial charge in [0.25, 0.3) is 5.91 Å². The highest BCUT2D eigenvalue weighted by Crippen LogP contribution is 2.22. The molecule has 0 spiro atoms. The van der Waals surface area contributed by atoms with E-state index in [0.29, 0.717) is 17.9 Å². The lowest BCUT2D eigenvalue weighted by Crippen LogP contribution is -2.31. The Bertz CT molecular complexity index is 978. The largest absolute Gasteiger partial charge is 0.450 e. The SMILES string of the molecule is Cc1ccccc1CN(C)C(=O)COC(=O)c1ccc(-c2ccc(F)cc2)o1. The fourth-order valence-corrected chi connectivity index (χ4v) is 2.66. The van der Waals surface area contributed by atoms with Crippen LogP contribution in [0.5, 0.6) is 0 Å². The molecule has 1 heterocycles. The van der Waals surface area contributed by atoms with Crippen molar-refractivity contribution in [3.63, 3.8) is 0 Å². The minimum absolute atomic E-state index is 0.0197. The molecule has 0 fully saturated rings. The van der Waals surface area contributed by atoms with Crippen LogP contribution in [0.1, 0.15) is 21.7 Å². The summed E-state index contributed by atoms with van der Waals surface area (Å²) in [5.41, 5.74) is 2.75. The first-order valence-electron chi connectivity index (χ1n) is 8.75. The third kappa shape index (κ3) is 4.65. The summed E-state index contributed by atoms with van der Waals surface area (Å²) in [5.74, 6) is -1.01. The van der Waals surface area contributed by atoms with Gasteiger partial charge in [-0.15, -0.1) is 0 Å². The van der Waals surface area contributed by atoms with E-state index in [1.807, 2.05) is 31.2 Å². The molecule has 0 aliphatic carbocycles. The lowest BCUT2D eigenvalue weighted by molar-refractivity contribution is -0.133. The summed E-state index contributed by atoms with van der Waals surface area (Å²) in [6.45, 7) is 2.02. The zero-order chi connectivity index (χ0) is 20.1. The van der Waals surface area contributed by atoms with Gasteiger partial charge in [0.05, 0.1) is 0 Å². The summed E-state index contributed by atoms with van der Waals surface area (Å²) >= 11 is 0. The first kappa shape index (κ1) is 19.4. The number of aryl methyl sites for hydroxylation is 1. The molecule has 0 aliphatic rings. The second kappa shape index (κ2) is 8.52. The second-order valence-corrected chi connectivity index (χ2v) is 6.42. The molecular weight excluding hydrogens is 361 g/mol. The number of hydrogen-bond acceptors (Lipinski definition) is 4. The molecule has 0 radical (unpaired) electrons. The molecule has 0 saturated heterocycles. The minimum atomic E-state index is -0.731. The molecule has 0 saturated carbocycles. The number of amides is 1. The summed E-state index contributed by atoms with van der Waals surface area (Å²) in [7, 11) is 1.65. The van der Waals surface area contributed by atoms with Gasteiger partial charge >= 0.3 is 5.97 Å². The summed E-state index contributed by atoms with van der Waals surface area (Å²) in [5, 5.41) is 0. The van der Waals surface area contributed by atoms with E-state index in [-0.39, 0.29) is 24.1 Å². The summed E-state index contributed by atoms with van der Waals surface area (Å²) in [6, 6.07) is 16.5. The number of carbonyl (C=O) groups is 2. The van der Waals surface area contributed by atoms with Gasteiger partial charge in [-0.2, -0.15) is 0 Å². The Kier molecular flexibility index (Phi) is 5.89. The number of carbonyl (C=O) groups excluding carboxylic acids is 2. The van der Waals surface area contributed by atoms with Gasteiger partial charge in [0.1, 0.15) is 11.6 Å². The van der Waals surface area contributed by atoms with Crippen LogP contribution in [0.15, 0.2) is 65.1 Å². The Morgan fingerprint density at radius 3 is 2.46 bits per heavy atom. The Labute approximate surface area is 162 Å². The maximum Gasteiger partial charge on any atom is 0.374 e. The molecule has 3 aromatic rings. The molecule has 5 nitrogen and oxygen atoms in total. The first-order valence-corrected chi connectivity index (χ1v) is 8.75. The van der Waals surface area contributed by atoms with Gasteiger partial charge in [0, 0.05) is 19.2 Å². The van der Waals surface area contributed by atoms with Crippen molar-refractivity contribution in [3.8, 4) is 11.3 Å². The number of benzene rings is 2. The van der Waals surface area contributed by atoms with Crippen LogP contribution in [0.25, 0.3) is 11.3 Å². The van der Waals surface area contributed by atoms with E-state index < -0.39 is 5.97 Å². The molecule has 0 aliphatic heterocycles. The van der Waals surface area contributed by atoms with Crippen LogP contribution in [0.2, 0.25) is 0 Å². The van der Waals surface area contributed by atoms with Crippen molar-refractivity contribution in [1.29, 1.82) is 0 Å². The number of likely N-dealkylation sites (N-methyl/N-ethyl adjacent to an activating group) is 1. The van der Waals surface area contributed by atoms with E-state index in [1.54, 1.807) is 25.2 Å². The molecule has 0 N–H and O–H groups in total. The van der Waals surface area contributed by atoms with Gasteiger partial charge in [-0.05, 0) is 54.4 Å². The fourth-order valence-electron chi connectivity index (χ4n) is 2.66. The fraction of sp³-hybridized carbons (Fsp3) is 0.182. The number of esters is 1. The molecule has 1 amide bonds. The number of halogens is 1. The van der Waals surface area contributed by atoms with E-state index in [9.17, 15) is 14.0 Å². The van der Waals surface area contributed by atoms with Crippen molar-refractivity contribution in [2.75, 3.05) is 13.7 Å². The predicted molar refractivity (Wildman–Crippen MR) is 102 cm³/mol. The highest BCUT2D eigenvalue weighted by molar-refractivity contribution is 5.89. The number of nitrogens with zero attached hydrogens (tertiary/aromatic N) is 1. The molecule has 0 atom stereocenters. The normalized spacial score (nSPS) is 10.5. The Morgan fingerprint density at radius 2 is 1.75 bits per heavy atom. The van der Waals surface area contributed by atoms with E-state index in [2.05, 4.69) is 0 Å². The Hall–Kier alpha value is -3.41. The van der Waals surface area contributed by atoms with Gasteiger partial charge in [-0.3, -0.25) is 4.79 Å². The monoisotopic (exact) mass is 381 g/mol. The summed E-state index contributed by atoms with van der Waals surface area (Å²) in [6.07, 6.45) is 0. The van der Waals surface area contributed by atoms with Crippen LogP contribution in [0.4, 0.5) is 4.39 Å². The quantitative estimate of drug-likeness (QED) is 0.600. The molecular formula is C22H20FNO4. The molecule has 3 rings (SSSR count). The zero-order valence-corrected chi connectivity index (χ0v) is 15.6. The standard InChI is InChI=1S/C22H20FNO4/c1-15-5-3-4-6-17(15)13-24(2)21(25)14-27-22(26)20-12-11-19(28-20)16-7-9-18(23)10-8-16/h3-12H,13-14H2,1-2H3. The topological polar surface area (TPSA) is 59.8 Å². The maximum atomic E-state index is 13.0. The van der Waals surface area contributed by atoms with E-state index >= 15 is 0 Å². The molecule has 1 aromatic heterocycles. The summed E-state index contributed by atoms with van der Waals surface area (Å²) < 4.78 is 23.5. The zero-order valence-electron chi connectivity index (χ0n) is 15.6. The van der Waals surface area contributed by atoms with Crippen molar-refractivity contribution >= 4 is 11.9 Å². The maximum absolute atomic E-state index is 13.0. The van der Waals surface area contributed by atoms with Crippen LogP contribution in [0, 0.1) is 12.7 Å². The molecule has 6 heteroatoms. The average Bonchev–Trinajstić information content (AvgIpc) is 3.18. The minimum Gasteiger partial charge on any atom is -0.450 e. The van der Waals surface area contributed by atoms with Crippen LogP contribution < -0.4 is 0 Å². The molecule has 144 valence electrons. The van der Waals surface area contributed by atoms with E-state index in [1.165, 1.54) is 23.1 Å². The van der Waals surface area contributed by atoms with E-state index in [0.717, 1.165) is 11.1 Å². The second-order valence-electron chi connectivity index (χ2n) is 6.42. The van der Waals surface area contributed by atoms with Crippen molar-refractivity contribution in [2.45, 2.75) is 13.5 Å². The van der Waals surface area contributed by atoms with Gasteiger partial charge in [-0.1, -0.05) is 24.3 Å². The highest BCUT2D eigenvalue weighted by atomic mass is 19.1. The van der Waals surface area contributed by atoms with Gasteiger partial charge in [0.2, 0.25) is 5.76 Å². The Balaban J connectivity index is 1.55. The van der Waals surface area contributed by atoms with Gasteiger partial charge < -0.3 is 14.1 Å². The Morgan fingerprint density at radius 1 is 1.04 bits per heavy atom. The van der Waals surface area contributed by atoms with Crippen molar-refractivity contribution in [1.82, 2.24) is 4.90 Å². The van der Waals surface area contributed by atoms with Crippen molar-refractivity contribution in [3.05, 3.63) is 83.4 Å². The number of furan rings is 1. The van der Waals surface area contributed by atoms with Crippen molar-refractivity contribution < 1.29 is 23.1 Å². The van der Waals surface area contributed by atoms with Gasteiger partial charge in [-0.25, -0.2) is 9.18 Å². The number of rotatable bonds is 6. The summed E-state index contributed by atoms with van der Waals surface area (Å²) in [4.78, 5) is 25.9. The predicted octanol–water partition coefficient (Wildman–Crippen LogP) is 4.21. The van der Waals surface area contributed by atoms with Crippen LogP contribution >= 0.6 is 0 Å². The van der Waals surface area contributed by atoms with Crippen LogP contribution in [-0.4, -0.2) is 30.4 Å². The van der Waals surface area contributed by atoms with Gasteiger partial charge in [0.15, 0.2) is 6.61 Å². The third-order valence-electron chi connectivity index (χ3n) is 4.36. The van der Waals surface area contributed by atoms with Crippen LogP contribution in [-0.2, 0) is 16.1 Å². The molecule has 0 unspecified atom stereocenters. The highest BCUT2D eigenvalue weighted by Gasteiger charge is 2.17. The first-order chi connectivity index (χ1) is 13.4. The number of hydrogen-bond donors (Lipinski definition) is 0. The lowest BCUT2D eigenvalue weighted by Gasteiger charge is -2.18. The average molecular weight is 381 g/mol. The molecule has 2 aromatic carbocycles. The lowest BCUT2D eigenvalue weighted by atomic mass is 10.1. The molecule has 0 bridgehead atoms.